The largest absolute Gasteiger partial charge is 0.486 e. The summed E-state index contributed by atoms with van der Waals surface area (Å²) in [6, 6.07) is 14.3. The van der Waals surface area contributed by atoms with E-state index < -0.39 is 16.1 Å². The maximum atomic E-state index is 12.7. The number of benzene rings is 2. The minimum Gasteiger partial charge on any atom is -0.486 e. The number of fused-ring (bicyclic) bond motifs is 1. The van der Waals surface area contributed by atoms with Crippen LogP contribution in [-0.2, 0) is 16.6 Å². The van der Waals surface area contributed by atoms with Crippen LogP contribution >= 0.6 is 11.3 Å². The fourth-order valence-electron chi connectivity index (χ4n) is 3.12. The van der Waals surface area contributed by atoms with E-state index in [2.05, 4.69) is 4.98 Å². The van der Waals surface area contributed by atoms with Gasteiger partial charge in [-0.05, 0) is 49.2 Å². The van der Waals surface area contributed by atoms with Gasteiger partial charge < -0.3 is 9.84 Å². The van der Waals surface area contributed by atoms with Gasteiger partial charge in [-0.1, -0.05) is 12.1 Å². The molecule has 1 unspecified atom stereocenters. The van der Waals surface area contributed by atoms with Crippen molar-refractivity contribution in [3.8, 4) is 5.75 Å². The summed E-state index contributed by atoms with van der Waals surface area (Å²) in [5.41, 5.74) is 0.950. The number of piperidine rings is 1. The molecule has 142 valence electrons. The summed E-state index contributed by atoms with van der Waals surface area (Å²) in [7, 11) is -3.59. The molecule has 1 N–H and O–H groups in total. The Morgan fingerprint density at radius 3 is 2.70 bits per heavy atom. The molecule has 0 amide bonds. The number of thiazole rings is 1. The van der Waals surface area contributed by atoms with Crippen molar-refractivity contribution in [3.63, 3.8) is 0 Å². The molecule has 0 spiro atoms. The van der Waals surface area contributed by atoms with Crippen LogP contribution in [-0.4, -0.2) is 42.0 Å². The van der Waals surface area contributed by atoms with Crippen molar-refractivity contribution in [2.75, 3.05) is 13.1 Å². The molecule has 0 radical (unpaired) electrons. The Labute approximate surface area is 162 Å². The van der Waals surface area contributed by atoms with E-state index in [1.54, 1.807) is 35.6 Å². The second-order valence-corrected chi connectivity index (χ2v) is 9.55. The number of hydrogen-bond acceptors (Lipinski definition) is 6. The molecule has 8 heteroatoms. The second-order valence-electron chi connectivity index (χ2n) is 6.49. The first-order chi connectivity index (χ1) is 13.0. The maximum Gasteiger partial charge on any atom is 0.243 e. The van der Waals surface area contributed by atoms with Crippen molar-refractivity contribution in [1.29, 1.82) is 0 Å². The molecule has 1 saturated heterocycles. The molecule has 0 saturated carbocycles. The molecule has 2 aromatic carbocycles. The molecule has 3 aromatic rings. The zero-order valence-corrected chi connectivity index (χ0v) is 16.2. The van der Waals surface area contributed by atoms with E-state index >= 15 is 0 Å². The number of para-hydroxylation sites is 1. The third kappa shape index (κ3) is 3.98. The Balaban J connectivity index is 1.44. The van der Waals surface area contributed by atoms with E-state index in [-0.39, 0.29) is 11.4 Å². The Morgan fingerprint density at radius 1 is 1.19 bits per heavy atom. The van der Waals surface area contributed by atoms with Crippen LogP contribution in [0.1, 0.15) is 17.8 Å². The fourth-order valence-corrected chi connectivity index (χ4v) is 5.52. The molecule has 0 aliphatic carbocycles. The number of aliphatic hydroxyl groups excluding tert-OH is 1. The predicted molar refractivity (Wildman–Crippen MR) is 104 cm³/mol. The standard InChI is InChI=1S/C19H20N2O4S2/c22-14-4-3-11-21(12-14)27(23,24)16-9-7-15(8-10-16)25-13-19-20-17-5-1-2-6-18(17)26-19/h1-2,5-10,14,22H,3-4,11-13H2. The van der Waals surface area contributed by atoms with Gasteiger partial charge in [-0.25, -0.2) is 13.4 Å². The lowest BCUT2D eigenvalue weighted by atomic mass is 10.1. The highest BCUT2D eigenvalue weighted by atomic mass is 32.2. The minimum absolute atomic E-state index is 0.151. The zero-order valence-electron chi connectivity index (χ0n) is 14.6. The molecule has 1 aliphatic heterocycles. The summed E-state index contributed by atoms with van der Waals surface area (Å²) < 4.78 is 33.6. The fraction of sp³-hybridized carbons (Fsp3) is 0.316. The van der Waals surface area contributed by atoms with Gasteiger partial charge in [0.1, 0.15) is 17.4 Å². The van der Waals surface area contributed by atoms with Crippen LogP contribution in [0.15, 0.2) is 53.4 Å². The van der Waals surface area contributed by atoms with E-state index in [4.69, 9.17) is 4.74 Å². The minimum atomic E-state index is -3.59. The number of rotatable bonds is 5. The number of aliphatic hydroxyl groups is 1. The Hall–Kier alpha value is -2.00. The van der Waals surface area contributed by atoms with Crippen LogP contribution in [0.3, 0.4) is 0 Å². The normalized spacial score (nSPS) is 18.6. The van der Waals surface area contributed by atoms with E-state index in [1.165, 1.54) is 4.31 Å². The SMILES string of the molecule is O=S(=O)(c1ccc(OCc2nc3ccccc3s2)cc1)N1CCCC(O)C1. The van der Waals surface area contributed by atoms with Gasteiger partial charge in [0.15, 0.2) is 0 Å². The summed E-state index contributed by atoms with van der Waals surface area (Å²) >= 11 is 1.58. The maximum absolute atomic E-state index is 12.7. The van der Waals surface area contributed by atoms with Gasteiger partial charge in [-0.3, -0.25) is 0 Å². The first-order valence-electron chi connectivity index (χ1n) is 8.78. The lowest BCUT2D eigenvalue weighted by Crippen LogP contribution is -2.42. The molecule has 2 heterocycles. The molecular formula is C19H20N2O4S2. The highest BCUT2D eigenvalue weighted by molar-refractivity contribution is 7.89. The lowest BCUT2D eigenvalue weighted by molar-refractivity contribution is 0.108. The van der Waals surface area contributed by atoms with Crippen molar-refractivity contribution in [3.05, 3.63) is 53.5 Å². The molecule has 4 rings (SSSR count). The van der Waals surface area contributed by atoms with Crippen LogP contribution in [0.25, 0.3) is 10.2 Å². The van der Waals surface area contributed by atoms with Crippen LogP contribution < -0.4 is 4.74 Å². The summed E-state index contributed by atoms with van der Waals surface area (Å²) in [4.78, 5) is 4.73. The van der Waals surface area contributed by atoms with E-state index in [9.17, 15) is 13.5 Å². The van der Waals surface area contributed by atoms with Gasteiger partial charge in [0, 0.05) is 13.1 Å². The second kappa shape index (κ2) is 7.55. The van der Waals surface area contributed by atoms with Crippen LogP contribution in [0.4, 0.5) is 0 Å². The summed E-state index contributed by atoms with van der Waals surface area (Å²) in [6.07, 6.45) is 0.721. The molecule has 1 fully saturated rings. The van der Waals surface area contributed by atoms with Gasteiger partial charge in [-0.2, -0.15) is 4.31 Å². The van der Waals surface area contributed by atoms with Crippen molar-refractivity contribution in [2.24, 2.45) is 0 Å². The van der Waals surface area contributed by atoms with E-state index in [0.29, 0.717) is 31.7 Å². The monoisotopic (exact) mass is 404 g/mol. The Morgan fingerprint density at radius 2 is 1.96 bits per heavy atom. The number of nitrogens with zero attached hydrogens (tertiary/aromatic N) is 2. The quantitative estimate of drug-likeness (QED) is 0.707. The van der Waals surface area contributed by atoms with Crippen LogP contribution in [0.2, 0.25) is 0 Å². The highest BCUT2D eigenvalue weighted by Gasteiger charge is 2.29. The highest BCUT2D eigenvalue weighted by Crippen LogP contribution is 2.25. The van der Waals surface area contributed by atoms with Crippen molar-refractivity contribution < 1.29 is 18.3 Å². The molecule has 0 bridgehead atoms. The molecule has 1 aliphatic rings. The van der Waals surface area contributed by atoms with Gasteiger partial charge in [0.05, 0.1) is 21.2 Å². The average molecular weight is 405 g/mol. The number of hydrogen-bond donors (Lipinski definition) is 1. The third-order valence-corrected chi connectivity index (χ3v) is 7.41. The van der Waals surface area contributed by atoms with Gasteiger partial charge in [0.2, 0.25) is 10.0 Å². The third-order valence-electron chi connectivity index (χ3n) is 4.52. The first-order valence-corrected chi connectivity index (χ1v) is 11.0. The average Bonchev–Trinajstić information content (AvgIpc) is 3.10. The van der Waals surface area contributed by atoms with Crippen molar-refractivity contribution in [1.82, 2.24) is 9.29 Å². The van der Waals surface area contributed by atoms with Crippen molar-refractivity contribution in [2.45, 2.75) is 30.4 Å². The number of β-amino-alcohol motifs (C(OH)–C–C–N with tert-alkyl or cyclic N) is 1. The molecule has 1 aromatic heterocycles. The molecule has 1 atom stereocenters. The summed E-state index contributed by atoms with van der Waals surface area (Å²) in [5, 5.41) is 10.6. The first kappa shape index (κ1) is 18.4. The summed E-state index contributed by atoms with van der Waals surface area (Å²) in [5.74, 6) is 0.590. The zero-order chi connectivity index (χ0) is 18.9. The van der Waals surface area contributed by atoms with E-state index in [0.717, 1.165) is 15.2 Å². The molecular weight excluding hydrogens is 384 g/mol. The number of aromatic nitrogens is 1. The molecule has 6 nitrogen and oxygen atoms in total. The number of sulfonamides is 1. The van der Waals surface area contributed by atoms with Crippen LogP contribution in [0.5, 0.6) is 5.75 Å². The predicted octanol–water partition coefficient (Wildman–Crippen LogP) is 3.02. The van der Waals surface area contributed by atoms with E-state index in [1.807, 2.05) is 24.3 Å². The Kier molecular flexibility index (Phi) is 5.14. The lowest BCUT2D eigenvalue weighted by Gasteiger charge is -2.29. The van der Waals surface area contributed by atoms with Gasteiger partial charge >= 0.3 is 0 Å². The molecule has 27 heavy (non-hydrogen) atoms. The Bertz CT molecular complexity index is 998. The topological polar surface area (TPSA) is 79.7 Å². The smallest absolute Gasteiger partial charge is 0.243 e. The summed E-state index contributed by atoms with van der Waals surface area (Å²) in [6.45, 7) is 0.928. The van der Waals surface area contributed by atoms with Gasteiger partial charge in [-0.15, -0.1) is 11.3 Å². The van der Waals surface area contributed by atoms with Crippen LogP contribution in [0, 0.1) is 0 Å². The number of ether oxygens (including phenoxy) is 1. The van der Waals surface area contributed by atoms with Crippen molar-refractivity contribution >= 4 is 31.6 Å². The van der Waals surface area contributed by atoms with Gasteiger partial charge in [0.25, 0.3) is 0 Å².